The fourth-order valence-electron chi connectivity index (χ4n) is 3.16. The first-order valence-corrected chi connectivity index (χ1v) is 10.6. The fraction of sp³-hybridized carbons (Fsp3) is 0.556. The Hall–Kier alpha value is -2.09. The molecule has 1 heterocycles. The number of sulfonamides is 1. The molecule has 26 heavy (non-hydrogen) atoms. The molecular formula is C18H27N3O4S. The van der Waals surface area contributed by atoms with E-state index < -0.39 is 16.1 Å². The van der Waals surface area contributed by atoms with E-state index in [0.29, 0.717) is 38.3 Å². The van der Waals surface area contributed by atoms with Gasteiger partial charge >= 0.3 is 0 Å². The van der Waals surface area contributed by atoms with Crippen LogP contribution in [0.25, 0.3) is 0 Å². The van der Waals surface area contributed by atoms with Crippen LogP contribution in [-0.4, -0.2) is 69.0 Å². The van der Waals surface area contributed by atoms with Crippen molar-refractivity contribution in [2.24, 2.45) is 0 Å². The van der Waals surface area contributed by atoms with E-state index >= 15 is 0 Å². The lowest BCUT2D eigenvalue weighted by Gasteiger charge is -2.38. The molecule has 0 spiro atoms. The van der Waals surface area contributed by atoms with Gasteiger partial charge in [0.2, 0.25) is 22.3 Å². The molecule has 1 aromatic rings. The van der Waals surface area contributed by atoms with Crippen LogP contribution < -0.4 is 4.31 Å². The third kappa shape index (κ3) is 4.35. The minimum absolute atomic E-state index is 0.221. The summed E-state index contributed by atoms with van der Waals surface area (Å²) in [7, 11) is -3.64. The summed E-state index contributed by atoms with van der Waals surface area (Å²) in [5.74, 6) is -0.221. The Morgan fingerprint density at radius 2 is 1.81 bits per heavy atom. The van der Waals surface area contributed by atoms with Gasteiger partial charge in [-0.2, -0.15) is 0 Å². The molecule has 2 amide bonds. The first-order chi connectivity index (χ1) is 12.2. The van der Waals surface area contributed by atoms with Crippen LogP contribution in [0.15, 0.2) is 18.2 Å². The van der Waals surface area contributed by atoms with Crippen molar-refractivity contribution in [1.29, 1.82) is 0 Å². The zero-order valence-corrected chi connectivity index (χ0v) is 16.6. The van der Waals surface area contributed by atoms with E-state index in [1.54, 1.807) is 21.9 Å². The molecule has 1 atom stereocenters. The molecule has 2 rings (SSSR count). The molecule has 0 N–H and O–H groups in total. The van der Waals surface area contributed by atoms with Crippen LogP contribution in [0, 0.1) is 13.8 Å². The van der Waals surface area contributed by atoms with Crippen molar-refractivity contribution in [1.82, 2.24) is 9.80 Å². The van der Waals surface area contributed by atoms with Crippen molar-refractivity contribution >= 4 is 28.0 Å². The quantitative estimate of drug-likeness (QED) is 0.693. The SMILES string of the molecule is CCC(C(=O)N1CCN(C=O)CC1)N(c1ccc(C)c(C)c1)S(C)(=O)=O. The Kier molecular flexibility index (Phi) is 6.28. The van der Waals surface area contributed by atoms with E-state index in [1.807, 2.05) is 26.8 Å². The lowest BCUT2D eigenvalue weighted by atomic mass is 10.1. The molecule has 8 heteroatoms. The van der Waals surface area contributed by atoms with Gasteiger partial charge in [0.05, 0.1) is 11.9 Å². The van der Waals surface area contributed by atoms with E-state index in [-0.39, 0.29) is 5.91 Å². The van der Waals surface area contributed by atoms with E-state index in [4.69, 9.17) is 0 Å². The Morgan fingerprint density at radius 1 is 1.19 bits per heavy atom. The number of benzene rings is 1. The number of carbonyl (C=O) groups excluding carboxylic acids is 2. The molecule has 1 fully saturated rings. The molecule has 0 aromatic heterocycles. The smallest absolute Gasteiger partial charge is 0.246 e. The minimum atomic E-state index is -3.64. The number of piperazine rings is 1. The van der Waals surface area contributed by atoms with Gasteiger partial charge in [0.1, 0.15) is 6.04 Å². The van der Waals surface area contributed by atoms with Gasteiger partial charge in [-0.25, -0.2) is 8.42 Å². The van der Waals surface area contributed by atoms with Gasteiger partial charge in [-0.3, -0.25) is 13.9 Å². The van der Waals surface area contributed by atoms with Gasteiger partial charge < -0.3 is 9.80 Å². The first kappa shape index (κ1) is 20.2. The second-order valence-electron chi connectivity index (χ2n) is 6.72. The zero-order chi connectivity index (χ0) is 19.5. The van der Waals surface area contributed by atoms with Crippen molar-refractivity contribution in [3.8, 4) is 0 Å². The Morgan fingerprint density at radius 3 is 2.27 bits per heavy atom. The molecule has 7 nitrogen and oxygen atoms in total. The normalized spacial score (nSPS) is 16.3. The van der Waals surface area contributed by atoms with Crippen molar-refractivity contribution in [3.63, 3.8) is 0 Å². The van der Waals surface area contributed by atoms with Crippen LogP contribution in [0.3, 0.4) is 0 Å². The maximum atomic E-state index is 13.1. The summed E-state index contributed by atoms with van der Waals surface area (Å²) in [6.45, 7) is 7.45. The number of hydrogen-bond donors (Lipinski definition) is 0. The maximum Gasteiger partial charge on any atom is 0.246 e. The Labute approximate surface area is 155 Å². The summed E-state index contributed by atoms with van der Waals surface area (Å²) in [5.41, 5.74) is 2.53. The lowest BCUT2D eigenvalue weighted by molar-refractivity contribution is -0.136. The number of rotatable bonds is 6. The van der Waals surface area contributed by atoms with Gasteiger partial charge in [-0.15, -0.1) is 0 Å². The average Bonchev–Trinajstić information content (AvgIpc) is 2.60. The molecule has 1 aromatic carbocycles. The topological polar surface area (TPSA) is 78.0 Å². The number of nitrogens with zero attached hydrogens (tertiary/aromatic N) is 3. The molecular weight excluding hydrogens is 354 g/mol. The van der Waals surface area contributed by atoms with Crippen molar-refractivity contribution in [2.75, 3.05) is 36.7 Å². The highest BCUT2D eigenvalue weighted by molar-refractivity contribution is 7.92. The van der Waals surface area contributed by atoms with Gasteiger partial charge in [-0.1, -0.05) is 13.0 Å². The van der Waals surface area contributed by atoms with Crippen LogP contribution in [0.5, 0.6) is 0 Å². The summed E-state index contributed by atoms with van der Waals surface area (Å²) in [6.07, 6.45) is 2.27. The lowest BCUT2D eigenvalue weighted by Crippen LogP contribution is -2.55. The van der Waals surface area contributed by atoms with E-state index in [1.165, 1.54) is 4.31 Å². The predicted molar refractivity (Wildman–Crippen MR) is 102 cm³/mol. The third-order valence-corrected chi connectivity index (χ3v) is 6.01. The number of hydrogen-bond acceptors (Lipinski definition) is 4. The van der Waals surface area contributed by atoms with Gasteiger partial charge in [0.25, 0.3) is 0 Å². The van der Waals surface area contributed by atoms with Crippen LogP contribution in [0.2, 0.25) is 0 Å². The molecule has 1 aliphatic rings. The second-order valence-corrected chi connectivity index (χ2v) is 8.58. The molecule has 0 bridgehead atoms. The van der Waals surface area contributed by atoms with Gasteiger partial charge in [0.15, 0.2) is 0 Å². The van der Waals surface area contributed by atoms with Crippen molar-refractivity contribution in [3.05, 3.63) is 29.3 Å². The largest absolute Gasteiger partial charge is 0.342 e. The highest BCUT2D eigenvalue weighted by Crippen LogP contribution is 2.26. The minimum Gasteiger partial charge on any atom is -0.342 e. The summed E-state index contributed by atoms with van der Waals surface area (Å²) >= 11 is 0. The average molecular weight is 381 g/mol. The number of aryl methyl sites for hydroxylation is 2. The standard InChI is InChI=1S/C18H27N3O4S/c1-5-17(18(23)20-10-8-19(13-22)9-11-20)21(26(4,24)25)16-7-6-14(2)15(3)12-16/h6-7,12-13,17H,5,8-11H2,1-4H3. The maximum absolute atomic E-state index is 13.1. The van der Waals surface area contributed by atoms with Crippen molar-refractivity contribution < 1.29 is 18.0 Å². The van der Waals surface area contributed by atoms with E-state index in [0.717, 1.165) is 23.8 Å². The molecule has 1 saturated heterocycles. The molecule has 144 valence electrons. The van der Waals surface area contributed by atoms with Crippen LogP contribution in [-0.2, 0) is 19.6 Å². The summed E-state index contributed by atoms with van der Waals surface area (Å²) < 4.78 is 26.3. The van der Waals surface area contributed by atoms with Crippen LogP contribution in [0.4, 0.5) is 5.69 Å². The number of amides is 2. The molecule has 0 aliphatic carbocycles. The highest BCUT2D eigenvalue weighted by atomic mass is 32.2. The second kappa shape index (κ2) is 8.07. The molecule has 1 aliphatic heterocycles. The highest BCUT2D eigenvalue weighted by Gasteiger charge is 2.35. The predicted octanol–water partition coefficient (Wildman–Crippen LogP) is 1.15. The van der Waals surface area contributed by atoms with Gasteiger partial charge in [-0.05, 0) is 43.5 Å². The van der Waals surface area contributed by atoms with Gasteiger partial charge in [0, 0.05) is 26.2 Å². The Bertz CT molecular complexity index is 771. The summed E-state index contributed by atoms with van der Waals surface area (Å²) in [4.78, 5) is 27.2. The summed E-state index contributed by atoms with van der Waals surface area (Å²) in [5, 5.41) is 0. The number of carbonyl (C=O) groups is 2. The van der Waals surface area contributed by atoms with Crippen LogP contribution in [0.1, 0.15) is 24.5 Å². The van der Waals surface area contributed by atoms with Crippen LogP contribution >= 0.6 is 0 Å². The zero-order valence-electron chi connectivity index (χ0n) is 15.8. The molecule has 1 unspecified atom stereocenters. The molecule has 0 saturated carbocycles. The molecule has 0 radical (unpaired) electrons. The van der Waals surface area contributed by atoms with E-state index in [2.05, 4.69) is 0 Å². The monoisotopic (exact) mass is 381 g/mol. The fourth-order valence-corrected chi connectivity index (χ4v) is 4.36. The Balaban J connectivity index is 2.34. The third-order valence-electron chi connectivity index (χ3n) is 4.83. The van der Waals surface area contributed by atoms with E-state index in [9.17, 15) is 18.0 Å². The first-order valence-electron chi connectivity index (χ1n) is 8.73. The summed E-state index contributed by atoms with van der Waals surface area (Å²) in [6, 6.07) is 4.61. The number of anilines is 1. The van der Waals surface area contributed by atoms with Crippen molar-refractivity contribution in [2.45, 2.75) is 33.2 Å².